The van der Waals surface area contributed by atoms with Crippen molar-refractivity contribution < 1.29 is 14.6 Å². The van der Waals surface area contributed by atoms with Crippen LogP contribution in [0, 0.1) is 0 Å². The highest BCUT2D eigenvalue weighted by molar-refractivity contribution is 6.42. The van der Waals surface area contributed by atoms with Gasteiger partial charge in [-0.05, 0) is 56.2 Å². The predicted molar refractivity (Wildman–Crippen MR) is 134 cm³/mol. The normalized spacial score (nSPS) is 16.7. The lowest BCUT2D eigenvalue weighted by Crippen LogP contribution is -2.51. The first-order valence-corrected chi connectivity index (χ1v) is 11.9. The Labute approximate surface area is 204 Å². The Morgan fingerprint density at radius 2 is 1.64 bits per heavy atom. The molecule has 7 heteroatoms. The molecular formula is C26H28Cl2N2O3. The van der Waals surface area contributed by atoms with Crippen LogP contribution in [-0.2, 0) is 0 Å². The average Bonchev–Trinajstić information content (AvgIpc) is 2.82. The van der Waals surface area contributed by atoms with E-state index in [1.165, 1.54) is 0 Å². The summed E-state index contributed by atoms with van der Waals surface area (Å²) in [6.07, 6.45) is 0.574. The number of anilines is 2. The van der Waals surface area contributed by atoms with Gasteiger partial charge >= 0.3 is 0 Å². The Morgan fingerprint density at radius 3 is 2.33 bits per heavy atom. The van der Waals surface area contributed by atoms with Gasteiger partial charge in [0, 0.05) is 24.8 Å². The Kier molecular flexibility index (Phi) is 7.99. The van der Waals surface area contributed by atoms with Crippen LogP contribution < -0.4 is 14.8 Å². The van der Waals surface area contributed by atoms with Crippen molar-refractivity contribution in [3.05, 3.63) is 82.8 Å². The molecule has 1 fully saturated rings. The van der Waals surface area contributed by atoms with Crippen molar-refractivity contribution in [2.45, 2.75) is 38.2 Å². The van der Waals surface area contributed by atoms with E-state index in [0.717, 1.165) is 37.3 Å². The summed E-state index contributed by atoms with van der Waals surface area (Å²) in [7, 11) is 0. The maximum Gasteiger partial charge on any atom is 0.178 e. The number of nitrogens with zero attached hydrogens (tertiary/aromatic N) is 1. The second kappa shape index (κ2) is 11.1. The van der Waals surface area contributed by atoms with E-state index in [0.29, 0.717) is 21.5 Å². The van der Waals surface area contributed by atoms with Gasteiger partial charge in [0.15, 0.2) is 6.23 Å². The molecule has 1 aliphatic rings. The van der Waals surface area contributed by atoms with Crippen LogP contribution in [0.15, 0.2) is 72.8 Å². The van der Waals surface area contributed by atoms with Gasteiger partial charge in [-0.15, -0.1) is 0 Å². The quantitative estimate of drug-likeness (QED) is 0.387. The summed E-state index contributed by atoms with van der Waals surface area (Å²) in [5.41, 5.74) is 1.83. The van der Waals surface area contributed by atoms with E-state index in [9.17, 15) is 5.11 Å². The topological polar surface area (TPSA) is 54.0 Å². The summed E-state index contributed by atoms with van der Waals surface area (Å²) in [5, 5.41) is 14.9. The van der Waals surface area contributed by atoms with Crippen LogP contribution in [-0.4, -0.2) is 41.5 Å². The maximum absolute atomic E-state index is 10.5. The van der Waals surface area contributed by atoms with Crippen LogP contribution in [0.3, 0.4) is 0 Å². The zero-order chi connectivity index (χ0) is 23.2. The van der Waals surface area contributed by atoms with E-state index in [-0.39, 0.29) is 6.10 Å². The van der Waals surface area contributed by atoms with Gasteiger partial charge in [-0.25, -0.2) is 0 Å². The average molecular weight is 487 g/mol. The number of hydrogen-bond donors (Lipinski definition) is 2. The lowest BCUT2D eigenvalue weighted by molar-refractivity contribution is -0.0753. The molecule has 1 saturated heterocycles. The van der Waals surface area contributed by atoms with Crippen molar-refractivity contribution in [3.8, 4) is 11.5 Å². The highest BCUT2D eigenvalue weighted by Crippen LogP contribution is 2.31. The third-order valence-corrected chi connectivity index (χ3v) is 6.37. The van der Waals surface area contributed by atoms with Crippen LogP contribution >= 0.6 is 23.2 Å². The van der Waals surface area contributed by atoms with Gasteiger partial charge < -0.3 is 19.9 Å². The predicted octanol–water partition coefficient (Wildman–Crippen LogP) is 6.37. The summed E-state index contributed by atoms with van der Waals surface area (Å²) >= 11 is 12.1. The highest BCUT2D eigenvalue weighted by Gasteiger charge is 2.30. The lowest BCUT2D eigenvalue weighted by atomic mass is 10.1. The summed E-state index contributed by atoms with van der Waals surface area (Å²) in [6, 6.07) is 23.0. The number of benzene rings is 3. The maximum atomic E-state index is 10.5. The number of aliphatic hydroxyl groups is 1. The number of piperidine rings is 1. The van der Waals surface area contributed by atoms with Gasteiger partial charge in [-0.3, -0.25) is 4.90 Å². The Morgan fingerprint density at radius 1 is 0.939 bits per heavy atom. The fourth-order valence-corrected chi connectivity index (χ4v) is 4.24. The molecule has 3 aromatic rings. The van der Waals surface area contributed by atoms with Crippen LogP contribution in [0.1, 0.15) is 19.8 Å². The molecule has 3 aromatic carbocycles. The fourth-order valence-electron chi connectivity index (χ4n) is 3.95. The number of halogens is 2. The zero-order valence-electron chi connectivity index (χ0n) is 18.5. The summed E-state index contributed by atoms with van der Waals surface area (Å²) in [4.78, 5) is 2.17. The number of nitrogens with one attached hydrogen (secondary N) is 1. The molecule has 2 N–H and O–H groups in total. The Balaban J connectivity index is 1.39. The van der Waals surface area contributed by atoms with Crippen molar-refractivity contribution in [1.82, 2.24) is 4.90 Å². The first-order chi connectivity index (χ1) is 16.0. The molecular weight excluding hydrogens is 459 g/mol. The van der Waals surface area contributed by atoms with Gasteiger partial charge in [0.25, 0.3) is 0 Å². The molecule has 2 unspecified atom stereocenters. The van der Waals surface area contributed by atoms with Gasteiger partial charge in [-0.1, -0.05) is 53.5 Å². The van der Waals surface area contributed by atoms with E-state index in [1.54, 1.807) is 19.1 Å². The molecule has 5 nitrogen and oxygen atoms in total. The highest BCUT2D eigenvalue weighted by atomic mass is 35.5. The molecule has 174 valence electrons. The van der Waals surface area contributed by atoms with Crippen molar-refractivity contribution in [1.29, 1.82) is 0 Å². The number of likely N-dealkylation sites (tertiary alicyclic amines) is 1. The number of ether oxygens (including phenoxy) is 2. The molecule has 1 aliphatic heterocycles. The van der Waals surface area contributed by atoms with E-state index in [2.05, 4.69) is 10.2 Å². The minimum absolute atomic E-state index is 0.0696. The minimum atomic E-state index is -0.665. The number of rotatable bonds is 8. The molecule has 1 heterocycles. The second-order valence-electron chi connectivity index (χ2n) is 8.17. The Bertz CT molecular complexity index is 1040. The summed E-state index contributed by atoms with van der Waals surface area (Å²) in [5.74, 6) is 1.41. The number of hydrogen-bond acceptors (Lipinski definition) is 5. The number of aliphatic hydroxyl groups excluding tert-OH is 1. The van der Waals surface area contributed by atoms with Crippen molar-refractivity contribution >= 4 is 34.6 Å². The molecule has 0 aromatic heterocycles. The van der Waals surface area contributed by atoms with Crippen LogP contribution in [0.5, 0.6) is 11.5 Å². The third-order valence-electron chi connectivity index (χ3n) is 5.63. The zero-order valence-corrected chi connectivity index (χ0v) is 20.0. The van der Waals surface area contributed by atoms with Gasteiger partial charge in [0.05, 0.1) is 15.7 Å². The molecule has 2 atom stereocenters. The van der Waals surface area contributed by atoms with Gasteiger partial charge in [0.1, 0.15) is 23.7 Å². The van der Waals surface area contributed by atoms with Crippen LogP contribution in [0.25, 0.3) is 0 Å². The molecule has 0 radical (unpaired) electrons. The minimum Gasteiger partial charge on any atom is -0.490 e. The van der Waals surface area contributed by atoms with E-state index in [4.69, 9.17) is 32.7 Å². The summed E-state index contributed by atoms with van der Waals surface area (Å²) < 4.78 is 12.4. The Hall–Kier alpha value is -2.44. The van der Waals surface area contributed by atoms with Crippen molar-refractivity contribution in [2.75, 3.05) is 18.4 Å². The summed E-state index contributed by atoms with van der Waals surface area (Å²) in [6.45, 7) is 3.25. The molecule has 4 rings (SSSR count). The van der Waals surface area contributed by atoms with Crippen molar-refractivity contribution in [2.24, 2.45) is 0 Å². The van der Waals surface area contributed by atoms with Gasteiger partial charge in [0.2, 0.25) is 0 Å². The molecule has 0 saturated carbocycles. The largest absolute Gasteiger partial charge is 0.490 e. The van der Waals surface area contributed by atoms with Crippen LogP contribution in [0.2, 0.25) is 10.0 Å². The molecule has 0 aliphatic carbocycles. The van der Waals surface area contributed by atoms with Crippen LogP contribution in [0.4, 0.5) is 11.4 Å². The first kappa shape index (κ1) is 23.7. The molecule has 0 bridgehead atoms. The van der Waals surface area contributed by atoms with Gasteiger partial charge in [-0.2, -0.15) is 0 Å². The monoisotopic (exact) mass is 486 g/mol. The standard InChI is InChI=1S/C26H28Cl2N2O3/c1-18(31)26(33-25-10-6-5-9-24(25)29-19-7-3-2-4-8-19)30-15-13-20(14-16-30)32-21-11-12-22(27)23(28)17-21/h2-12,17-18,20,26,29,31H,13-16H2,1H3. The van der Waals surface area contributed by atoms with E-state index in [1.807, 2.05) is 60.7 Å². The third kappa shape index (κ3) is 6.33. The first-order valence-electron chi connectivity index (χ1n) is 11.1. The molecule has 33 heavy (non-hydrogen) atoms. The number of para-hydroxylation sites is 3. The molecule has 0 amide bonds. The van der Waals surface area contributed by atoms with Crippen molar-refractivity contribution in [3.63, 3.8) is 0 Å². The van der Waals surface area contributed by atoms with E-state index >= 15 is 0 Å². The fraction of sp³-hybridized carbons (Fsp3) is 0.308. The second-order valence-corrected chi connectivity index (χ2v) is 8.98. The lowest BCUT2D eigenvalue weighted by Gasteiger charge is -2.38. The smallest absolute Gasteiger partial charge is 0.178 e. The molecule has 0 spiro atoms. The van der Waals surface area contributed by atoms with E-state index < -0.39 is 12.3 Å². The SMILES string of the molecule is CC(O)C(Oc1ccccc1Nc1ccccc1)N1CCC(Oc2ccc(Cl)c(Cl)c2)CC1.